The van der Waals surface area contributed by atoms with Crippen molar-refractivity contribution in [2.45, 2.75) is 45.3 Å². The summed E-state index contributed by atoms with van der Waals surface area (Å²) < 4.78 is 16.6. The first-order chi connectivity index (χ1) is 14.0. The van der Waals surface area contributed by atoms with E-state index in [2.05, 4.69) is 22.1 Å². The number of carbonyl (C=O) groups is 1. The summed E-state index contributed by atoms with van der Waals surface area (Å²) in [4.78, 5) is 18.5. The Kier molecular flexibility index (Phi) is 7.23. The molecule has 29 heavy (non-hydrogen) atoms. The molecular formula is C22H33N3O4. The minimum atomic E-state index is -0.155. The molecule has 0 radical (unpaired) electrons. The van der Waals surface area contributed by atoms with Crippen molar-refractivity contribution in [2.24, 2.45) is 16.8 Å². The number of benzene rings is 1. The molecule has 0 aromatic heterocycles. The zero-order valence-corrected chi connectivity index (χ0v) is 17.9. The molecule has 3 rings (SSSR count). The van der Waals surface area contributed by atoms with Gasteiger partial charge in [-0.15, -0.1) is 0 Å². The van der Waals surface area contributed by atoms with Gasteiger partial charge in [0, 0.05) is 38.3 Å². The SMILES string of the molecule is CN=C(NCc1ccc(OC)cc1OC1CCCC1)N1CC(C)C(C(=O)OC)C1. The summed E-state index contributed by atoms with van der Waals surface area (Å²) in [6, 6.07) is 5.95. The highest BCUT2D eigenvalue weighted by molar-refractivity contribution is 5.82. The molecule has 7 heteroatoms. The number of methoxy groups -OCH3 is 2. The molecule has 2 aliphatic rings. The van der Waals surface area contributed by atoms with Gasteiger partial charge in [-0.2, -0.15) is 0 Å². The van der Waals surface area contributed by atoms with Gasteiger partial charge in [-0.3, -0.25) is 9.79 Å². The largest absolute Gasteiger partial charge is 0.497 e. The molecule has 0 spiro atoms. The lowest BCUT2D eigenvalue weighted by molar-refractivity contribution is -0.145. The number of aliphatic imine (C=N–C) groups is 1. The van der Waals surface area contributed by atoms with Crippen molar-refractivity contribution in [1.29, 1.82) is 0 Å². The van der Waals surface area contributed by atoms with Crippen LogP contribution in [0.1, 0.15) is 38.2 Å². The topological polar surface area (TPSA) is 72.4 Å². The van der Waals surface area contributed by atoms with E-state index in [1.165, 1.54) is 20.0 Å². The van der Waals surface area contributed by atoms with Crippen molar-refractivity contribution in [3.63, 3.8) is 0 Å². The molecule has 1 aromatic rings. The van der Waals surface area contributed by atoms with Gasteiger partial charge in [-0.05, 0) is 43.7 Å². The van der Waals surface area contributed by atoms with Crippen LogP contribution in [0.25, 0.3) is 0 Å². The monoisotopic (exact) mass is 403 g/mol. The Hall–Kier alpha value is -2.44. The molecule has 2 unspecified atom stereocenters. The van der Waals surface area contributed by atoms with Gasteiger partial charge in [0.15, 0.2) is 5.96 Å². The van der Waals surface area contributed by atoms with Gasteiger partial charge in [0.2, 0.25) is 0 Å². The van der Waals surface area contributed by atoms with Gasteiger partial charge in [0.25, 0.3) is 0 Å². The molecule has 1 saturated carbocycles. The summed E-state index contributed by atoms with van der Waals surface area (Å²) in [6.07, 6.45) is 4.94. The van der Waals surface area contributed by atoms with Crippen LogP contribution in [0.4, 0.5) is 0 Å². The average molecular weight is 404 g/mol. The summed E-state index contributed by atoms with van der Waals surface area (Å²) in [5, 5.41) is 3.43. The van der Waals surface area contributed by atoms with Crippen LogP contribution in [0.2, 0.25) is 0 Å². The van der Waals surface area contributed by atoms with E-state index in [1.54, 1.807) is 14.2 Å². The number of hydrogen-bond acceptors (Lipinski definition) is 5. The second-order valence-corrected chi connectivity index (χ2v) is 7.91. The summed E-state index contributed by atoms with van der Waals surface area (Å²) in [5.41, 5.74) is 1.07. The number of nitrogens with one attached hydrogen (secondary N) is 1. The smallest absolute Gasteiger partial charge is 0.310 e. The molecule has 1 heterocycles. The molecule has 1 aliphatic carbocycles. The fraction of sp³-hybridized carbons (Fsp3) is 0.636. The summed E-state index contributed by atoms with van der Waals surface area (Å²) >= 11 is 0. The second-order valence-electron chi connectivity index (χ2n) is 7.91. The molecule has 2 atom stereocenters. The number of carbonyl (C=O) groups excluding carboxylic acids is 1. The Morgan fingerprint density at radius 1 is 1.24 bits per heavy atom. The lowest BCUT2D eigenvalue weighted by Gasteiger charge is -2.23. The Balaban J connectivity index is 1.67. The summed E-state index contributed by atoms with van der Waals surface area (Å²) in [5.74, 6) is 2.38. The van der Waals surface area contributed by atoms with Gasteiger partial charge in [-0.1, -0.05) is 6.92 Å². The number of nitrogens with zero attached hydrogens (tertiary/aromatic N) is 2. The second kappa shape index (κ2) is 9.85. The predicted molar refractivity (Wildman–Crippen MR) is 112 cm³/mol. The lowest BCUT2D eigenvalue weighted by atomic mass is 9.99. The summed E-state index contributed by atoms with van der Waals surface area (Å²) in [7, 11) is 4.88. The van der Waals surface area contributed by atoms with Crippen LogP contribution in [0.15, 0.2) is 23.2 Å². The van der Waals surface area contributed by atoms with E-state index in [4.69, 9.17) is 14.2 Å². The number of esters is 1. The molecule has 0 amide bonds. The number of guanidine groups is 1. The molecule has 160 valence electrons. The van der Waals surface area contributed by atoms with Crippen molar-refractivity contribution >= 4 is 11.9 Å². The van der Waals surface area contributed by atoms with Gasteiger partial charge < -0.3 is 24.4 Å². The van der Waals surface area contributed by atoms with Crippen molar-refractivity contribution in [1.82, 2.24) is 10.2 Å². The molecule has 1 saturated heterocycles. The summed E-state index contributed by atoms with van der Waals surface area (Å²) in [6.45, 7) is 4.05. The van der Waals surface area contributed by atoms with E-state index in [1.807, 2.05) is 18.2 Å². The van der Waals surface area contributed by atoms with Gasteiger partial charge in [0.1, 0.15) is 11.5 Å². The maximum absolute atomic E-state index is 12.0. The fourth-order valence-electron chi connectivity index (χ4n) is 4.21. The Bertz CT molecular complexity index is 731. The van der Waals surface area contributed by atoms with Crippen LogP contribution < -0.4 is 14.8 Å². The van der Waals surface area contributed by atoms with Crippen molar-refractivity contribution in [3.8, 4) is 11.5 Å². The molecule has 0 bridgehead atoms. The minimum Gasteiger partial charge on any atom is -0.497 e. The van der Waals surface area contributed by atoms with Crippen molar-refractivity contribution in [3.05, 3.63) is 23.8 Å². The number of likely N-dealkylation sites (tertiary alicyclic amines) is 1. The zero-order valence-electron chi connectivity index (χ0n) is 17.9. The number of hydrogen-bond donors (Lipinski definition) is 1. The highest BCUT2D eigenvalue weighted by Crippen LogP contribution is 2.30. The molecule has 1 N–H and O–H groups in total. The number of ether oxygens (including phenoxy) is 3. The first-order valence-electron chi connectivity index (χ1n) is 10.4. The van der Waals surface area contributed by atoms with E-state index in [0.29, 0.717) is 13.1 Å². The fourth-order valence-corrected chi connectivity index (χ4v) is 4.21. The highest BCUT2D eigenvalue weighted by Gasteiger charge is 2.36. The Labute approximate surface area is 173 Å². The molecular weight excluding hydrogens is 370 g/mol. The van der Waals surface area contributed by atoms with E-state index in [-0.39, 0.29) is 23.9 Å². The first-order valence-corrected chi connectivity index (χ1v) is 10.4. The van der Waals surface area contributed by atoms with Gasteiger partial charge in [-0.25, -0.2) is 0 Å². The van der Waals surface area contributed by atoms with E-state index >= 15 is 0 Å². The highest BCUT2D eigenvalue weighted by atomic mass is 16.5. The predicted octanol–water partition coefficient (Wildman–Crippen LogP) is 2.83. The van der Waals surface area contributed by atoms with Crippen LogP contribution in [-0.4, -0.2) is 57.3 Å². The third kappa shape index (κ3) is 5.14. The minimum absolute atomic E-state index is 0.124. The Morgan fingerprint density at radius 2 is 2.00 bits per heavy atom. The van der Waals surface area contributed by atoms with Crippen molar-refractivity contribution in [2.75, 3.05) is 34.4 Å². The van der Waals surface area contributed by atoms with Gasteiger partial charge in [0.05, 0.1) is 26.2 Å². The van der Waals surface area contributed by atoms with Crippen LogP contribution in [0, 0.1) is 11.8 Å². The van der Waals surface area contributed by atoms with Crippen LogP contribution in [-0.2, 0) is 16.1 Å². The van der Waals surface area contributed by atoms with Crippen molar-refractivity contribution < 1.29 is 19.0 Å². The van der Waals surface area contributed by atoms with Crippen LogP contribution in [0.3, 0.4) is 0 Å². The van der Waals surface area contributed by atoms with Crippen LogP contribution >= 0.6 is 0 Å². The maximum Gasteiger partial charge on any atom is 0.310 e. The third-order valence-corrected chi connectivity index (χ3v) is 5.93. The first kappa shape index (κ1) is 21.3. The quantitative estimate of drug-likeness (QED) is 0.447. The van der Waals surface area contributed by atoms with E-state index in [9.17, 15) is 4.79 Å². The molecule has 1 aliphatic heterocycles. The third-order valence-electron chi connectivity index (χ3n) is 5.93. The lowest BCUT2D eigenvalue weighted by Crippen LogP contribution is -2.40. The van der Waals surface area contributed by atoms with Crippen LogP contribution in [0.5, 0.6) is 11.5 Å². The van der Waals surface area contributed by atoms with E-state index < -0.39 is 0 Å². The average Bonchev–Trinajstić information content (AvgIpc) is 3.38. The Morgan fingerprint density at radius 3 is 2.66 bits per heavy atom. The van der Waals surface area contributed by atoms with E-state index in [0.717, 1.165) is 42.4 Å². The molecule has 7 nitrogen and oxygen atoms in total. The number of rotatable bonds is 6. The standard InChI is InChI=1S/C22H33N3O4/c1-15-13-25(14-19(15)21(26)28-4)22(23-2)24-12-16-9-10-18(27-3)11-20(16)29-17-7-5-6-8-17/h9-11,15,17,19H,5-8,12-14H2,1-4H3,(H,23,24). The normalized spacial score (nSPS) is 22.6. The zero-order chi connectivity index (χ0) is 20.8. The molecule has 2 fully saturated rings. The van der Waals surface area contributed by atoms with Gasteiger partial charge >= 0.3 is 5.97 Å². The molecule has 1 aromatic carbocycles. The maximum atomic E-state index is 12.0.